The van der Waals surface area contributed by atoms with E-state index in [2.05, 4.69) is 35.1 Å². The van der Waals surface area contributed by atoms with Gasteiger partial charge in [-0.25, -0.2) is 0 Å². The maximum absolute atomic E-state index is 6.11. The van der Waals surface area contributed by atoms with Crippen molar-refractivity contribution in [3.8, 4) is 0 Å². The molecule has 2 aliphatic heterocycles. The van der Waals surface area contributed by atoms with Crippen LogP contribution in [0.4, 0.5) is 0 Å². The second-order valence-corrected chi connectivity index (χ2v) is 7.00. The third-order valence-electron chi connectivity index (χ3n) is 4.81. The zero-order chi connectivity index (χ0) is 13.4. The summed E-state index contributed by atoms with van der Waals surface area (Å²) in [5.74, 6) is 0. The van der Waals surface area contributed by atoms with Crippen LogP contribution in [0.1, 0.15) is 36.2 Å². The van der Waals surface area contributed by atoms with Crippen LogP contribution < -0.4 is 5.73 Å². The van der Waals surface area contributed by atoms with Gasteiger partial charge in [0.15, 0.2) is 0 Å². The van der Waals surface area contributed by atoms with Crippen molar-refractivity contribution in [2.24, 2.45) is 5.73 Å². The highest BCUT2D eigenvalue weighted by Gasteiger charge is 2.37. The summed E-state index contributed by atoms with van der Waals surface area (Å²) < 4.78 is 0. The van der Waals surface area contributed by atoms with Gasteiger partial charge in [0.25, 0.3) is 0 Å². The molecule has 0 bridgehead atoms. The van der Waals surface area contributed by atoms with E-state index in [-0.39, 0.29) is 0 Å². The quantitative estimate of drug-likeness (QED) is 0.921. The highest BCUT2D eigenvalue weighted by Crippen LogP contribution is 2.34. The summed E-state index contributed by atoms with van der Waals surface area (Å²) >= 11 is 1.87. The number of nitrogens with two attached hydrogens (primary N) is 1. The molecule has 2 saturated heterocycles. The molecule has 19 heavy (non-hydrogen) atoms. The van der Waals surface area contributed by atoms with Crippen molar-refractivity contribution >= 4 is 11.3 Å². The number of rotatable bonds is 3. The molecule has 2 N–H and O–H groups in total. The van der Waals surface area contributed by atoms with Gasteiger partial charge in [-0.3, -0.25) is 9.80 Å². The largest absolute Gasteiger partial charge is 0.329 e. The molecule has 2 aliphatic rings. The van der Waals surface area contributed by atoms with Gasteiger partial charge >= 0.3 is 0 Å². The smallest absolute Gasteiger partial charge is 0.0570 e. The van der Waals surface area contributed by atoms with Crippen molar-refractivity contribution in [1.82, 2.24) is 9.80 Å². The molecule has 3 heterocycles. The van der Waals surface area contributed by atoms with Gasteiger partial charge in [-0.2, -0.15) is 0 Å². The van der Waals surface area contributed by atoms with E-state index in [9.17, 15) is 0 Å². The van der Waals surface area contributed by atoms with Crippen LogP contribution in [0.5, 0.6) is 0 Å². The van der Waals surface area contributed by atoms with Crippen LogP contribution in [-0.4, -0.2) is 48.1 Å². The fourth-order valence-electron chi connectivity index (χ4n) is 3.76. The second kappa shape index (κ2) is 5.52. The van der Waals surface area contributed by atoms with E-state index in [4.69, 9.17) is 5.73 Å². The van der Waals surface area contributed by atoms with Crippen molar-refractivity contribution in [3.05, 3.63) is 21.9 Å². The summed E-state index contributed by atoms with van der Waals surface area (Å²) in [6, 6.07) is 4.02. The lowest BCUT2D eigenvalue weighted by Gasteiger charge is -2.45. The molecule has 3 rings (SSSR count). The molecule has 0 amide bonds. The standard InChI is InChI=1S/C15H25N3S/c1-11-5-7-19-15(11)14(8-16)18-10-13-4-3-6-17(13)9-12(18)2/h5,7,12-14H,3-4,6,8-10,16H2,1-2H3. The van der Waals surface area contributed by atoms with Crippen LogP contribution in [0.3, 0.4) is 0 Å². The predicted molar refractivity (Wildman–Crippen MR) is 81.6 cm³/mol. The van der Waals surface area contributed by atoms with E-state index in [1.807, 2.05) is 11.3 Å². The van der Waals surface area contributed by atoms with Crippen LogP contribution in [0, 0.1) is 6.92 Å². The number of hydrogen-bond acceptors (Lipinski definition) is 4. The summed E-state index contributed by atoms with van der Waals surface area (Å²) in [4.78, 5) is 6.81. The van der Waals surface area contributed by atoms with E-state index in [0.717, 1.165) is 12.6 Å². The number of aryl methyl sites for hydroxylation is 1. The summed E-state index contributed by atoms with van der Waals surface area (Å²) in [6.45, 7) is 9.02. The topological polar surface area (TPSA) is 32.5 Å². The molecule has 0 radical (unpaired) electrons. The average molecular weight is 279 g/mol. The van der Waals surface area contributed by atoms with E-state index < -0.39 is 0 Å². The molecular weight excluding hydrogens is 254 g/mol. The summed E-state index contributed by atoms with van der Waals surface area (Å²) in [7, 11) is 0. The number of piperazine rings is 1. The summed E-state index contributed by atoms with van der Waals surface area (Å²) in [5, 5.41) is 2.20. The Morgan fingerprint density at radius 2 is 2.32 bits per heavy atom. The van der Waals surface area contributed by atoms with Crippen molar-refractivity contribution in [2.75, 3.05) is 26.2 Å². The van der Waals surface area contributed by atoms with Crippen molar-refractivity contribution in [1.29, 1.82) is 0 Å². The van der Waals surface area contributed by atoms with Gasteiger partial charge < -0.3 is 5.73 Å². The molecule has 3 unspecified atom stereocenters. The molecule has 1 aromatic rings. The number of nitrogens with zero attached hydrogens (tertiary/aromatic N) is 2. The normalized spacial score (nSPS) is 30.5. The Balaban J connectivity index is 1.81. The molecule has 1 aromatic heterocycles. The average Bonchev–Trinajstić information content (AvgIpc) is 3.00. The first-order valence-corrected chi connectivity index (χ1v) is 8.32. The zero-order valence-corrected chi connectivity index (χ0v) is 12.8. The minimum atomic E-state index is 0.415. The molecule has 0 aliphatic carbocycles. The van der Waals surface area contributed by atoms with Gasteiger partial charge in [-0.15, -0.1) is 11.3 Å². The Morgan fingerprint density at radius 1 is 1.47 bits per heavy atom. The van der Waals surface area contributed by atoms with Gasteiger partial charge in [0, 0.05) is 36.6 Å². The highest BCUT2D eigenvalue weighted by atomic mass is 32.1. The summed E-state index contributed by atoms with van der Waals surface area (Å²) in [6.07, 6.45) is 2.74. The first-order valence-electron chi connectivity index (χ1n) is 7.44. The lowest BCUT2D eigenvalue weighted by atomic mass is 10.0. The van der Waals surface area contributed by atoms with Crippen molar-refractivity contribution in [3.63, 3.8) is 0 Å². The molecular formula is C15H25N3S. The Bertz CT molecular complexity index is 431. The lowest BCUT2D eigenvalue weighted by molar-refractivity contribution is 0.0305. The first-order chi connectivity index (χ1) is 9.20. The van der Waals surface area contributed by atoms with E-state index >= 15 is 0 Å². The summed E-state index contributed by atoms with van der Waals surface area (Å²) in [5.41, 5.74) is 7.52. The fourth-order valence-corrected chi connectivity index (χ4v) is 4.82. The molecule has 2 fully saturated rings. The third-order valence-corrected chi connectivity index (χ3v) is 5.93. The molecule has 0 aromatic carbocycles. The minimum Gasteiger partial charge on any atom is -0.329 e. The van der Waals surface area contributed by atoms with Crippen LogP contribution in [0.25, 0.3) is 0 Å². The zero-order valence-electron chi connectivity index (χ0n) is 12.0. The molecule has 3 nitrogen and oxygen atoms in total. The maximum atomic E-state index is 6.11. The number of thiophene rings is 1. The number of fused-ring (bicyclic) bond motifs is 1. The minimum absolute atomic E-state index is 0.415. The van der Waals surface area contributed by atoms with Gasteiger partial charge in [0.05, 0.1) is 6.04 Å². The Morgan fingerprint density at radius 3 is 3.00 bits per heavy atom. The lowest BCUT2D eigenvalue weighted by Crippen LogP contribution is -2.56. The highest BCUT2D eigenvalue weighted by molar-refractivity contribution is 7.10. The van der Waals surface area contributed by atoms with Gasteiger partial charge in [0.2, 0.25) is 0 Å². The molecule has 4 heteroatoms. The van der Waals surface area contributed by atoms with Gasteiger partial charge in [-0.05, 0) is 50.2 Å². The van der Waals surface area contributed by atoms with Crippen LogP contribution in [0.2, 0.25) is 0 Å². The van der Waals surface area contributed by atoms with E-state index in [1.54, 1.807) is 0 Å². The number of hydrogen-bond donors (Lipinski definition) is 1. The molecule has 0 saturated carbocycles. The van der Waals surface area contributed by atoms with Crippen molar-refractivity contribution in [2.45, 2.75) is 44.8 Å². The first kappa shape index (κ1) is 13.6. The molecule has 3 atom stereocenters. The SMILES string of the molecule is Cc1ccsc1C(CN)N1CC2CCCN2CC1C. The Kier molecular flexibility index (Phi) is 3.94. The molecule has 0 spiro atoms. The van der Waals surface area contributed by atoms with E-state index in [0.29, 0.717) is 12.1 Å². The molecule has 106 valence electrons. The van der Waals surface area contributed by atoms with Crippen LogP contribution >= 0.6 is 11.3 Å². The van der Waals surface area contributed by atoms with Crippen molar-refractivity contribution < 1.29 is 0 Å². The maximum Gasteiger partial charge on any atom is 0.0570 e. The van der Waals surface area contributed by atoms with Crippen LogP contribution in [-0.2, 0) is 0 Å². The Hall–Kier alpha value is -0.420. The predicted octanol–water partition coefficient (Wildman–Crippen LogP) is 2.22. The van der Waals surface area contributed by atoms with Gasteiger partial charge in [0.1, 0.15) is 0 Å². The van der Waals surface area contributed by atoms with Crippen LogP contribution in [0.15, 0.2) is 11.4 Å². The Labute approximate surface area is 120 Å². The van der Waals surface area contributed by atoms with Gasteiger partial charge in [-0.1, -0.05) is 0 Å². The second-order valence-electron chi connectivity index (χ2n) is 6.06. The fraction of sp³-hybridized carbons (Fsp3) is 0.733. The van der Waals surface area contributed by atoms with E-state index in [1.165, 1.54) is 42.9 Å². The monoisotopic (exact) mass is 279 g/mol. The third kappa shape index (κ3) is 2.47.